The van der Waals surface area contributed by atoms with Gasteiger partial charge in [0.2, 0.25) is 0 Å². The van der Waals surface area contributed by atoms with Gasteiger partial charge in [-0.1, -0.05) is 58.0 Å². The third-order valence-electron chi connectivity index (χ3n) is 6.80. The van der Waals surface area contributed by atoms with Gasteiger partial charge in [-0.25, -0.2) is 4.98 Å². The Balaban J connectivity index is 1.47. The Bertz CT molecular complexity index is 1360. The fourth-order valence-corrected chi connectivity index (χ4v) is 4.71. The summed E-state index contributed by atoms with van der Waals surface area (Å²) < 4.78 is 13.5. The lowest BCUT2D eigenvalue weighted by Crippen LogP contribution is -2.23. The van der Waals surface area contributed by atoms with E-state index >= 15 is 0 Å². The highest BCUT2D eigenvalue weighted by Gasteiger charge is 2.15. The van der Waals surface area contributed by atoms with Crippen LogP contribution < -0.4 is 15.0 Å². The Morgan fingerprint density at radius 2 is 1.49 bits per heavy atom. The molecule has 5 heteroatoms. The first-order chi connectivity index (χ1) is 17.9. The Hall–Kier alpha value is -3.60. The minimum absolute atomic E-state index is 0.0000963. The van der Waals surface area contributed by atoms with Crippen molar-refractivity contribution in [1.82, 2.24) is 9.55 Å². The van der Waals surface area contributed by atoms with Crippen LogP contribution in [0.2, 0.25) is 0 Å². The van der Waals surface area contributed by atoms with Gasteiger partial charge in [-0.3, -0.25) is 9.36 Å². The number of ether oxygens (including phenoxy) is 2. The topological polar surface area (TPSA) is 53.3 Å². The van der Waals surface area contributed by atoms with Gasteiger partial charge in [-0.15, -0.1) is 0 Å². The molecule has 0 saturated heterocycles. The summed E-state index contributed by atoms with van der Waals surface area (Å²) in [5, 5.41) is 0.648. The molecule has 0 radical (unpaired) electrons. The smallest absolute Gasteiger partial charge is 0.261 e. The van der Waals surface area contributed by atoms with Crippen molar-refractivity contribution in [2.45, 2.75) is 65.3 Å². The van der Waals surface area contributed by atoms with Gasteiger partial charge in [0.05, 0.1) is 24.6 Å². The molecule has 0 fully saturated rings. The Morgan fingerprint density at radius 1 is 0.811 bits per heavy atom. The summed E-state index contributed by atoms with van der Waals surface area (Å²) in [5.74, 6) is 3.34. The maximum atomic E-state index is 13.4. The summed E-state index contributed by atoms with van der Waals surface area (Å²) in [7, 11) is 1.65. The molecule has 0 N–H and O–H groups in total. The lowest BCUT2D eigenvalue weighted by molar-refractivity contribution is 0.296. The molecule has 4 aromatic rings. The molecule has 1 aromatic heterocycles. The van der Waals surface area contributed by atoms with E-state index in [0.29, 0.717) is 41.7 Å². The first-order valence-electron chi connectivity index (χ1n) is 13.3. The normalized spacial score (nSPS) is 11.4. The van der Waals surface area contributed by atoms with Crippen LogP contribution in [0.4, 0.5) is 0 Å². The maximum Gasteiger partial charge on any atom is 0.261 e. The van der Waals surface area contributed by atoms with Crippen LogP contribution in [0, 0.1) is 0 Å². The van der Waals surface area contributed by atoms with Crippen molar-refractivity contribution in [2.24, 2.45) is 0 Å². The molecule has 4 rings (SSSR count). The number of unbranched alkanes of at least 4 members (excludes halogenated alkanes) is 2. The van der Waals surface area contributed by atoms with Gasteiger partial charge in [0, 0.05) is 12.1 Å². The second-order valence-electron chi connectivity index (χ2n) is 10.1. The molecule has 0 amide bonds. The fourth-order valence-electron chi connectivity index (χ4n) is 4.71. The van der Waals surface area contributed by atoms with E-state index < -0.39 is 0 Å². The molecule has 0 saturated carbocycles. The minimum Gasteiger partial charge on any atom is -0.497 e. The molecule has 1 heterocycles. The molecule has 0 bridgehead atoms. The molecule has 194 valence electrons. The van der Waals surface area contributed by atoms with E-state index in [0.717, 1.165) is 36.3 Å². The lowest BCUT2D eigenvalue weighted by Gasteiger charge is -2.20. The molecule has 0 aliphatic heterocycles. The predicted molar refractivity (Wildman–Crippen MR) is 152 cm³/mol. The third kappa shape index (κ3) is 6.04. The van der Waals surface area contributed by atoms with Gasteiger partial charge in [-0.05, 0) is 78.6 Å². The van der Waals surface area contributed by atoms with Crippen molar-refractivity contribution in [3.63, 3.8) is 0 Å². The fraction of sp³-hybridized carbons (Fsp3) is 0.375. The molecule has 0 aliphatic rings. The molecule has 5 nitrogen and oxygen atoms in total. The number of fused-ring (bicyclic) bond motifs is 1. The van der Waals surface area contributed by atoms with Crippen molar-refractivity contribution in [3.8, 4) is 22.9 Å². The van der Waals surface area contributed by atoms with Crippen molar-refractivity contribution in [3.05, 3.63) is 88.2 Å². The summed E-state index contributed by atoms with van der Waals surface area (Å²) in [6.07, 6.45) is 2.76. The zero-order chi connectivity index (χ0) is 26.4. The maximum absolute atomic E-state index is 13.4. The van der Waals surface area contributed by atoms with Gasteiger partial charge < -0.3 is 9.47 Å². The summed E-state index contributed by atoms with van der Waals surface area (Å²) in [6, 6.07) is 21.7. The van der Waals surface area contributed by atoms with E-state index in [4.69, 9.17) is 14.5 Å². The van der Waals surface area contributed by atoms with E-state index in [-0.39, 0.29) is 5.56 Å². The lowest BCUT2D eigenvalue weighted by atomic mass is 9.94. The number of rotatable bonds is 11. The molecule has 0 aliphatic carbocycles. The van der Waals surface area contributed by atoms with Crippen LogP contribution in [0.15, 0.2) is 71.5 Å². The highest BCUT2D eigenvalue weighted by atomic mass is 16.5. The molecule has 37 heavy (non-hydrogen) atoms. The number of methoxy groups -OCH3 is 1. The molecule has 0 atom stereocenters. The summed E-state index contributed by atoms with van der Waals surface area (Å²) in [6.45, 7) is 10.1. The quantitative estimate of drug-likeness (QED) is 0.200. The van der Waals surface area contributed by atoms with Crippen LogP contribution in [-0.4, -0.2) is 23.3 Å². The van der Waals surface area contributed by atoms with E-state index in [1.165, 1.54) is 11.1 Å². The van der Waals surface area contributed by atoms with Crippen molar-refractivity contribution in [2.75, 3.05) is 13.7 Å². The minimum atomic E-state index is 0.0000963. The Kier molecular flexibility index (Phi) is 8.65. The zero-order valence-electron chi connectivity index (χ0n) is 22.7. The monoisotopic (exact) mass is 498 g/mol. The Morgan fingerprint density at radius 3 is 2.14 bits per heavy atom. The van der Waals surface area contributed by atoms with E-state index in [1.54, 1.807) is 7.11 Å². The van der Waals surface area contributed by atoms with E-state index in [2.05, 4.69) is 45.9 Å². The van der Waals surface area contributed by atoms with Crippen LogP contribution in [0.1, 0.15) is 69.9 Å². The predicted octanol–water partition coefficient (Wildman–Crippen LogP) is 7.57. The number of hydrogen-bond acceptors (Lipinski definition) is 4. The Labute approximate surface area is 220 Å². The second kappa shape index (κ2) is 12.1. The molecular weight excluding hydrogens is 460 g/mol. The second-order valence-corrected chi connectivity index (χ2v) is 10.1. The summed E-state index contributed by atoms with van der Waals surface area (Å²) in [5.41, 5.74) is 4.15. The number of benzene rings is 3. The van der Waals surface area contributed by atoms with Gasteiger partial charge in [-0.2, -0.15) is 0 Å². The molecule has 0 spiro atoms. The highest BCUT2D eigenvalue weighted by Crippen LogP contribution is 2.34. The first-order valence-corrected chi connectivity index (χ1v) is 13.3. The van der Waals surface area contributed by atoms with Crippen molar-refractivity contribution >= 4 is 10.9 Å². The molecular formula is C32H38N2O3. The standard InChI is InChI=1S/C32H38N2O3/c1-22(2)26-13-11-14-27(23(3)4)30(26)37-21-10-6-9-20-34-31(24-16-18-25(36-5)19-17-24)33-29-15-8-7-12-28(29)32(34)35/h7-8,11-19,22-23H,6,9-10,20-21H2,1-5H3. The molecule has 3 aromatic carbocycles. The van der Waals surface area contributed by atoms with Gasteiger partial charge >= 0.3 is 0 Å². The average molecular weight is 499 g/mol. The summed E-state index contributed by atoms with van der Waals surface area (Å²) >= 11 is 0. The number of aromatic nitrogens is 2. The molecule has 0 unspecified atom stereocenters. The van der Waals surface area contributed by atoms with Crippen LogP contribution in [0.3, 0.4) is 0 Å². The van der Waals surface area contributed by atoms with Gasteiger partial charge in [0.15, 0.2) is 0 Å². The van der Waals surface area contributed by atoms with Crippen LogP contribution in [-0.2, 0) is 6.54 Å². The van der Waals surface area contributed by atoms with E-state index in [1.807, 2.05) is 53.1 Å². The van der Waals surface area contributed by atoms with Crippen LogP contribution in [0.5, 0.6) is 11.5 Å². The summed E-state index contributed by atoms with van der Waals surface area (Å²) in [4.78, 5) is 18.3. The van der Waals surface area contributed by atoms with Crippen molar-refractivity contribution in [1.29, 1.82) is 0 Å². The van der Waals surface area contributed by atoms with E-state index in [9.17, 15) is 4.79 Å². The zero-order valence-corrected chi connectivity index (χ0v) is 22.7. The number of hydrogen-bond donors (Lipinski definition) is 0. The first kappa shape index (κ1) is 26.5. The van der Waals surface area contributed by atoms with Crippen LogP contribution in [0.25, 0.3) is 22.3 Å². The highest BCUT2D eigenvalue weighted by molar-refractivity contribution is 5.79. The number of para-hydroxylation sites is 2. The SMILES string of the molecule is COc1ccc(-c2nc3ccccc3c(=O)n2CCCCCOc2c(C(C)C)cccc2C(C)C)cc1. The third-order valence-corrected chi connectivity index (χ3v) is 6.80. The van der Waals surface area contributed by atoms with Crippen LogP contribution >= 0.6 is 0 Å². The van der Waals surface area contributed by atoms with Crippen molar-refractivity contribution < 1.29 is 9.47 Å². The largest absolute Gasteiger partial charge is 0.497 e. The van der Waals surface area contributed by atoms with Gasteiger partial charge in [0.1, 0.15) is 17.3 Å². The van der Waals surface area contributed by atoms with Gasteiger partial charge in [0.25, 0.3) is 5.56 Å². The number of nitrogens with zero attached hydrogens (tertiary/aromatic N) is 2. The average Bonchev–Trinajstić information content (AvgIpc) is 2.91.